The minimum atomic E-state index is -4.11. The fourth-order valence-corrected chi connectivity index (χ4v) is 1.19. The van der Waals surface area contributed by atoms with Gasteiger partial charge in [-0.3, -0.25) is 0 Å². The molecular weight excluding hydrogens is 207 g/mol. The van der Waals surface area contributed by atoms with Crippen molar-refractivity contribution in [1.29, 1.82) is 0 Å². The van der Waals surface area contributed by atoms with E-state index in [0.29, 0.717) is 12.4 Å². The van der Waals surface area contributed by atoms with Gasteiger partial charge in [-0.05, 0) is 6.54 Å². The van der Waals surface area contributed by atoms with Crippen LogP contribution in [0.1, 0.15) is 19.2 Å². The van der Waals surface area contributed by atoms with Crippen LogP contribution in [-0.4, -0.2) is 22.3 Å². The molecule has 1 aromatic heterocycles. The summed E-state index contributed by atoms with van der Waals surface area (Å²) in [6, 6.07) is 0. The molecule has 3 nitrogen and oxygen atoms in total. The smallest absolute Gasteiger partial charge is 0.334 e. The van der Waals surface area contributed by atoms with Crippen LogP contribution in [0, 0.1) is 0 Å². The first-order valence-electron chi connectivity index (χ1n) is 4.80. The highest BCUT2D eigenvalue weighted by atomic mass is 19.4. The van der Waals surface area contributed by atoms with Crippen molar-refractivity contribution in [3.63, 3.8) is 0 Å². The van der Waals surface area contributed by atoms with E-state index in [1.165, 1.54) is 10.8 Å². The molecule has 0 aromatic carbocycles. The van der Waals surface area contributed by atoms with Crippen molar-refractivity contribution in [2.24, 2.45) is 0 Å². The molecule has 15 heavy (non-hydrogen) atoms. The first-order chi connectivity index (χ1) is 7.03. The molecule has 6 heteroatoms. The normalized spacial score (nSPS) is 12.0. The van der Waals surface area contributed by atoms with Gasteiger partial charge >= 0.3 is 6.18 Å². The van der Waals surface area contributed by atoms with Crippen LogP contribution in [0.15, 0.2) is 12.4 Å². The Labute approximate surface area is 86.3 Å². The van der Waals surface area contributed by atoms with Crippen LogP contribution in [0.5, 0.6) is 0 Å². The molecule has 0 unspecified atom stereocenters. The first kappa shape index (κ1) is 12.0. The van der Waals surface area contributed by atoms with Crippen LogP contribution in [-0.2, 0) is 13.1 Å². The van der Waals surface area contributed by atoms with Gasteiger partial charge in [-0.25, -0.2) is 4.98 Å². The zero-order chi connectivity index (χ0) is 11.3. The lowest BCUT2D eigenvalue weighted by Crippen LogP contribution is -2.18. The number of aromatic nitrogens is 2. The Morgan fingerprint density at radius 3 is 2.80 bits per heavy atom. The number of nitrogens with one attached hydrogen (secondary N) is 1. The lowest BCUT2D eigenvalue weighted by atomic mass is 10.4. The van der Waals surface area contributed by atoms with Gasteiger partial charge in [0.05, 0.1) is 13.0 Å². The summed E-state index contributed by atoms with van der Waals surface area (Å²) < 4.78 is 37.5. The molecule has 0 fully saturated rings. The van der Waals surface area contributed by atoms with Gasteiger partial charge < -0.3 is 9.88 Å². The molecule has 1 heterocycles. The topological polar surface area (TPSA) is 29.9 Å². The standard InChI is InChI=1S/C9H14F3N3/c1-2-13-7-8-14-4-6-15(8)5-3-9(10,11)12/h4,6,13H,2-3,5,7H2,1H3. The number of nitrogens with zero attached hydrogens (tertiary/aromatic N) is 2. The van der Waals surface area contributed by atoms with Gasteiger partial charge in [0.25, 0.3) is 0 Å². The van der Waals surface area contributed by atoms with Crippen LogP contribution in [0.2, 0.25) is 0 Å². The summed E-state index contributed by atoms with van der Waals surface area (Å²) in [4.78, 5) is 3.99. The number of hydrogen-bond donors (Lipinski definition) is 1. The molecule has 0 bridgehead atoms. The van der Waals surface area contributed by atoms with Crippen LogP contribution < -0.4 is 5.32 Å². The largest absolute Gasteiger partial charge is 0.390 e. The average molecular weight is 221 g/mol. The van der Waals surface area contributed by atoms with Gasteiger partial charge in [0, 0.05) is 18.9 Å². The number of alkyl halides is 3. The Balaban J connectivity index is 2.50. The molecule has 1 N–H and O–H groups in total. The summed E-state index contributed by atoms with van der Waals surface area (Å²) in [5, 5.41) is 3.02. The minimum Gasteiger partial charge on any atom is -0.334 e. The van der Waals surface area contributed by atoms with E-state index in [1.54, 1.807) is 6.20 Å². The Hall–Kier alpha value is -1.04. The summed E-state index contributed by atoms with van der Waals surface area (Å²) in [6.07, 6.45) is -1.84. The Bertz CT molecular complexity index is 293. The van der Waals surface area contributed by atoms with Gasteiger partial charge in [0.15, 0.2) is 0 Å². The highest BCUT2D eigenvalue weighted by Gasteiger charge is 2.26. The lowest BCUT2D eigenvalue weighted by Gasteiger charge is -2.09. The van der Waals surface area contributed by atoms with E-state index in [9.17, 15) is 13.2 Å². The molecule has 0 aliphatic heterocycles. The Morgan fingerprint density at radius 2 is 2.20 bits per heavy atom. The fourth-order valence-electron chi connectivity index (χ4n) is 1.19. The minimum absolute atomic E-state index is 0.0653. The van der Waals surface area contributed by atoms with Gasteiger partial charge in [-0.1, -0.05) is 6.92 Å². The van der Waals surface area contributed by atoms with E-state index in [0.717, 1.165) is 6.54 Å². The monoisotopic (exact) mass is 221 g/mol. The fraction of sp³-hybridized carbons (Fsp3) is 0.667. The number of halogens is 3. The Morgan fingerprint density at radius 1 is 1.47 bits per heavy atom. The van der Waals surface area contributed by atoms with Crippen LogP contribution in [0.4, 0.5) is 13.2 Å². The van der Waals surface area contributed by atoms with Crippen LogP contribution >= 0.6 is 0 Å². The van der Waals surface area contributed by atoms with E-state index in [-0.39, 0.29) is 6.54 Å². The highest BCUT2D eigenvalue weighted by Crippen LogP contribution is 2.20. The SMILES string of the molecule is CCNCc1nccn1CCC(F)(F)F. The summed E-state index contributed by atoms with van der Waals surface area (Å²) in [6.45, 7) is 3.14. The van der Waals surface area contributed by atoms with Gasteiger partial charge in [-0.15, -0.1) is 0 Å². The van der Waals surface area contributed by atoms with Gasteiger partial charge in [0.1, 0.15) is 5.82 Å². The number of imidazole rings is 1. The maximum Gasteiger partial charge on any atom is 0.390 e. The molecule has 0 amide bonds. The molecule has 0 spiro atoms. The second kappa shape index (κ2) is 5.16. The molecule has 1 rings (SSSR count). The van der Waals surface area contributed by atoms with Crippen molar-refractivity contribution in [1.82, 2.24) is 14.9 Å². The van der Waals surface area contributed by atoms with Gasteiger partial charge in [-0.2, -0.15) is 13.2 Å². The van der Waals surface area contributed by atoms with Crippen molar-refractivity contribution in [3.8, 4) is 0 Å². The molecule has 1 aromatic rings. The number of aryl methyl sites for hydroxylation is 1. The molecular formula is C9H14F3N3. The maximum absolute atomic E-state index is 12.0. The van der Waals surface area contributed by atoms with E-state index in [1.807, 2.05) is 6.92 Å². The molecule has 0 saturated carbocycles. The maximum atomic E-state index is 12.0. The highest BCUT2D eigenvalue weighted by molar-refractivity contribution is 4.91. The third-order valence-electron chi connectivity index (χ3n) is 1.97. The summed E-state index contributed by atoms with van der Waals surface area (Å²) >= 11 is 0. The number of hydrogen-bond acceptors (Lipinski definition) is 2. The van der Waals surface area contributed by atoms with E-state index in [2.05, 4.69) is 10.3 Å². The molecule has 0 saturated heterocycles. The number of rotatable bonds is 5. The molecule has 0 atom stereocenters. The second-order valence-corrected chi connectivity index (χ2v) is 3.18. The van der Waals surface area contributed by atoms with E-state index >= 15 is 0 Å². The van der Waals surface area contributed by atoms with Crippen LogP contribution in [0.25, 0.3) is 0 Å². The average Bonchev–Trinajstić information content (AvgIpc) is 2.57. The van der Waals surface area contributed by atoms with Crippen molar-refractivity contribution in [3.05, 3.63) is 18.2 Å². The molecule has 86 valence electrons. The zero-order valence-corrected chi connectivity index (χ0v) is 8.51. The zero-order valence-electron chi connectivity index (χ0n) is 8.51. The Kier molecular flexibility index (Phi) is 4.14. The molecule has 0 radical (unpaired) electrons. The predicted octanol–water partition coefficient (Wildman–Crippen LogP) is 1.95. The summed E-state index contributed by atoms with van der Waals surface area (Å²) in [7, 11) is 0. The van der Waals surface area contributed by atoms with Crippen molar-refractivity contribution < 1.29 is 13.2 Å². The third-order valence-corrected chi connectivity index (χ3v) is 1.97. The van der Waals surface area contributed by atoms with Crippen molar-refractivity contribution in [2.75, 3.05) is 6.54 Å². The summed E-state index contributed by atoms with van der Waals surface area (Å²) in [5.41, 5.74) is 0. The lowest BCUT2D eigenvalue weighted by molar-refractivity contribution is -0.136. The second-order valence-electron chi connectivity index (χ2n) is 3.18. The predicted molar refractivity (Wildman–Crippen MR) is 50.3 cm³/mol. The van der Waals surface area contributed by atoms with E-state index in [4.69, 9.17) is 0 Å². The van der Waals surface area contributed by atoms with E-state index < -0.39 is 12.6 Å². The molecule has 0 aliphatic rings. The first-order valence-corrected chi connectivity index (χ1v) is 4.80. The quantitative estimate of drug-likeness (QED) is 0.823. The molecule has 0 aliphatic carbocycles. The van der Waals surface area contributed by atoms with Crippen molar-refractivity contribution >= 4 is 0 Å². The summed E-state index contributed by atoms with van der Waals surface area (Å²) in [5.74, 6) is 0.640. The van der Waals surface area contributed by atoms with Gasteiger partial charge in [0.2, 0.25) is 0 Å². The van der Waals surface area contributed by atoms with Crippen molar-refractivity contribution in [2.45, 2.75) is 32.6 Å². The van der Waals surface area contributed by atoms with Crippen LogP contribution in [0.3, 0.4) is 0 Å². The third kappa shape index (κ3) is 4.33.